The average molecular weight is 1500 g/mol. The maximum atomic E-state index is 17.5. The molecule has 0 radical (unpaired) electrons. The third kappa shape index (κ3) is 15.6. The van der Waals surface area contributed by atoms with Gasteiger partial charge in [0, 0.05) is 18.8 Å². The fourth-order valence-corrected chi connectivity index (χ4v) is 32.6. The van der Waals surface area contributed by atoms with Crippen LogP contribution in [0.5, 0.6) is 11.5 Å². The molecule has 10 aromatic carbocycles. The number of rotatable bonds is 30. The number of ether oxygens (including phenoxy) is 4. The Morgan fingerprint density at radius 3 is 1.16 bits per heavy atom. The maximum Gasteiger partial charge on any atom is 0.319 e. The Morgan fingerprint density at radius 1 is 0.430 bits per heavy atom. The Bertz CT molecular complexity index is 4580. The smallest absolute Gasteiger partial charge is 0.319 e. The monoisotopic (exact) mass is 1500 g/mol. The summed E-state index contributed by atoms with van der Waals surface area (Å²) < 4.78 is 45.3. The fraction of sp³-hybridized carbons (Fsp3) is 0.323. The SMILES string of the molecule is CCCCOC1C(C)OC(Oc2c(-c3ccc(CC(C)(C)[Si](O)(c4ccccc4)c4ccccc4)cc3)oc3cc(CC(C)(C)[Si](O)(c4ccccc4)c4ccccc4)cc(O[Si](c4ccccc4)(c4ccccc4)C(C)(C)C)c3c2=O)C(CC(C)(C)[Si](O)(c2ccccc2)c2ccccc2)C1OCCCC. The first kappa shape index (κ1) is 78.2. The molecule has 10 nitrogen and oxygen atoms in total. The summed E-state index contributed by atoms with van der Waals surface area (Å²) in [6.07, 6.45) is 1.69. The highest BCUT2D eigenvalue weighted by Gasteiger charge is 2.58. The summed E-state index contributed by atoms with van der Waals surface area (Å²) >= 11 is 0. The van der Waals surface area contributed by atoms with Gasteiger partial charge < -0.3 is 42.2 Å². The van der Waals surface area contributed by atoms with Crippen molar-refractivity contribution in [2.75, 3.05) is 13.2 Å². The van der Waals surface area contributed by atoms with Gasteiger partial charge in [0.25, 0.3) is 25.0 Å². The molecular weight excluding hydrogens is 1390 g/mol. The van der Waals surface area contributed by atoms with E-state index in [1.165, 1.54) is 0 Å². The van der Waals surface area contributed by atoms with E-state index in [1.54, 1.807) is 0 Å². The summed E-state index contributed by atoms with van der Waals surface area (Å²) in [7, 11) is -14.5. The number of fused-ring (bicyclic) bond motifs is 1. The standard InChI is InChI=1S/C93H108O10Si4/c1-13-15-61-98-85-68(3)100-89(80(87(85)99-62-16-14-2)67-93(11,12)106(97,76-49-33-21-34-50-76)77-51-35-22-36-52-77)102-88-84(94)83-81(101-86(88)71-59-57-69(58-60-71)65-91(7,8)104(95,72-41-25-17-26-42-72)73-43-27-18-28-44-73)63-70(66-92(9,10)105(96,74-45-29-19-30-46-74)75-47-31-20-32-48-75)64-82(83)103-107(90(4,5)6,78-53-37-23-38-54-78)79-55-39-24-40-56-79/h17-60,63-64,68,80,85,87,89,95-97H,13-16,61-62,65-67H2,1-12H3. The van der Waals surface area contributed by atoms with Crippen LogP contribution in [-0.4, -0.2) is 85.5 Å². The minimum Gasteiger partial charge on any atom is -0.533 e. The number of benzene rings is 10. The van der Waals surface area contributed by atoms with E-state index < -0.39 is 89.4 Å². The first-order chi connectivity index (χ1) is 51.3. The lowest BCUT2D eigenvalue weighted by molar-refractivity contribution is -0.271. The van der Waals surface area contributed by atoms with E-state index in [0.29, 0.717) is 43.8 Å². The van der Waals surface area contributed by atoms with Crippen LogP contribution in [0, 0.1) is 5.92 Å². The average Bonchev–Trinajstić information content (AvgIpc) is 0.757. The molecule has 0 aliphatic carbocycles. The Morgan fingerprint density at radius 2 is 0.785 bits per heavy atom. The third-order valence-electron chi connectivity index (χ3n) is 22.8. The number of hydrogen-bond acceptors (Lipinski definition) is 10. The molecular formula is C93H108O10Si4. The molecule has 0 saturated carbocycles. The lowest BCUT2D eigenvalue weighted by atomic mass is 9.84. The van der Waals surface area contributed by atoms with E-state index in [9.17, 15) is 14.4 Å². The van der Waals surface area contributed by atoms with Crippen LogP contribution in [-0.2, 0) is 27.1 Å². The van der Waals surface area contributed by atoms with Gasteiger partial charge in [0.05, 0.1) is 18.1 Å². The zero-order valence-corrected chi connectivity index (χ0v) is 68.5. The molecule has 0 amide bonds. The number of hydrogen-bond donors (Lipinski definition) is 3. The predicted octanol–water partition coefficient (Wildman–Crippen LogP) is 15.6. The van der Waals surface area contributed by atoms with Crippen LogP contribution in [0.2, 0.25) is 20.2 Å². The molecule has 0 bridgehead atoms. The molecule has 1 fully saturated rings. The number of unbranched alkanes of at least 4 members (excludes halogenated alkanes) is 2. The zero-order valence-electron chi connectivity index (χ0n) is 64.5. The molecule has 1 aliphatic rings. The lowest BCUT2D eigenvalue weighted by Crippen LogP contribution is -2.68. The molecule has 0 spiro atoms. The quantitative estimate of drug-likeness (QED) is 0.0295. The van der Waals surface area contributed by atoms with Crippen molar-refractivity contribution in [2.45, 2.75) is 173 Å². The van der Waals surface area contributed by atoms with E-state index in [-0.39, 0.29) is 22.5 Å². The first-order valence-electron chi connectivity index (χ1n) is 38.4. The Balaban J connectivity index is 1.11. The minimum absolute atomic E-state index is 0.0767. The molecule has 14 heteroatoms. The highest BCUT2D eigenvalue weighted by Crippen LogP contribution is 2.50. The van der Waals surface area contributed by atoms with Crippen molar-refractivity contribution >= 4 is 85.7 Å². The molecule has 5 atom stereocenters. The van der Waals surface area contributed by atoms with Gasteiger partial charge in [-0.2, -0.15) is 0 Å². The van der Waals surface area contributed by atoms with E-state index in [0.717, 1.165) is 78.3 Å². The van der Waals surface area contributed by atoms with E-state index >= 15 is 4.79 Å². The second kappa shape index (κ2) is 32.8. The van der Waals surface area contributed by atoms with E-state index in [1.807, 2.05) is 201 Å². The predicted molar refractivity (Wildman–Crippen MR) is 448 cm³/mol. The molecule has 11 aromatic rings. The molecule has 1 aliphatic heterocycles. The second-order valence-corrected chi connectivity index (χ2v) is 48.4. The van der Waals surface area contributed by atoms with Gasteiger partial charge in [-0.3, -0.25) is 4.79 Å². The van der Waals surface area contributed by atoms with Crippen LogP contribution in [0.25, 0.3) is 22.3 Å². The Labute approximate surface area is 639 Å². The van der Waals surface area contributed by atoms with Gasteiger partial charge in [0.1, 0.15) is 22.8 Å². The highest BCUT2D eigenvalue weighted by atomic mass is 28.4. The summed E-state index contributed by atoms with van der Waals surface area (Å²) in [6, 6.07) is 93.5. The normalized spacial score (nSPS) is 17.1. The largest absolute Gasteiger partial charge is 0.533 e. The van der Waals surface area contributed by atoms with Gasteiger partial charge in [0.2, 0.25) is 17.5 Å². The highest BCUT2D eigenvalue weighted by molar-refractivity contribution is 7.01. The van der Waals surface area contributed by atoms with Crippen LogP contribution >= 0.6 is 0 Å². The summed E-state index contributed by atoms with van der Waals surface area (Å²) in [5, 5.41) is 4.67. The summed E-state index contributed by atoms with van der Waals surface area (Å²) in [5.74, 6) is -0.230. The van der Waals surface area contributed by atoms with Crippen molar-refractivity contribution in [1.29, 1.82) is 0 Å². The van der Waals surface area contributed by atoms with Gasteiger partial charge >= 0.3 is 8.32 Å². The molecule has 107 heavy (non-hydrogen) atoms. The Kier molecular flexibility index (Phi) is 24.0. The van der Waals surface area contributed by atoms with Crippen molar-refractivity contribution in [1.82, 2.24) is 0 Å². The summed E-state index contributed by atoms with van der Waals surface area (Å²) in [4.78, 5) is 58.9. The zero-order chi connectivity index (χ0) is 75.8. The topological polar surface area (TPSA) is 137 Å². The van der Waals surface area contributed by atoms with E-state index in [2.05, 4.69) is 161 Å². The van der Waals surface area contributed by atoms with Crippen LogP contribution in [0.15, 0.2) is 288 Å². The van der Waals surface area contributed by atoms with Crippen LogP contribution < -0.4 is 56.1 Å². The molecule has 5 unspecified atom stereocenters. The van der Waals surface area contributed by atoms with Crippen LogP contribution in [0.3, 0.4) is 0 Å². The Hall–Kier alpha value is -8.36. The van der Waals surface area contributed by atoms with E-state index in [4.69, 9.17) is 27.8 Å². The van der Waals surface area contributed by atoms with Crippen molar-refractivity contribution in [2.24, 2.45) is 5.92 Å². The van der Waals surface area contributed by atoms with Crippen LogP contribution in [0.1, 0.15) is 126 Å². The lowest BCUT2D eigenvalue weighted by Gasteiger charge is -2.50. The third-order valence-corrected chi connectivity index (χ3v) is 41.1. The van der Waals surface area contributed by atoms with Crippen molar-refractivity contribution in [3.05, 3.63) is 300 Å². The van der Waals surface area contributed by atoms with Gasteiger partial charge in [-0.15, -0.1) is 0 Å². The van der Waals surface area contributed by atoms with Crippen molar-refractivity contribution < 1.29 is 42.2 Å². The van der Waals surface area contributed by atoms with Crippen molar-refractivity contribution in [3.8, 4) is 22.8 Å². The summed E-state index contributed by atoms with van der Waals surface area (Å²) in [6.45, 7) is 26.9. The van der Waals surface area contributed by atoms with Crippen molar-refractivity contribution in [3.63, 3.8) is 0 Å². The maximum absolute atomic E-state index is 17.5. The molecule has 2 heterocycles. The second-order valence-electron chi connectivity index (χ2n) is 32.4. The summed E-state index contributed by atoms with van der Waals surface area (Å²) in [5.41, 5.74) is 2.15. The fourth-order valence-electron chi connectivity index (χ4n) is 17.0. The molecule has 1 saturated heterocycles. The first-order valence-corrected chi connectivity index (χ1v) is 46.2. The molecule has 12 rings (SSSR count). The molecule has 1 aromatic heterocycles. The van der Waals surface area contributed by atoms with Gasteiger partial charge in [-0.1, -0.05) is 356 Å². The van der Waals surface area contributed by atoms with Crippen LogP contribution in [0.4, 0.5) is 0 Å². The molecule has 3 N–H and O–H groups in total. The van der Waals surface area contributed by atoms with Gasteiger partial charge in [-0.05, 0) is 124 Å². The molecule has 556 valence electrons. The van der Waals surface area contributed by atoms with Gasteiger partial charge in [0.15, 0.2) is 5.76 Å². The van der Waals surface area contributed by atoms with Gasteiger partial charge in [-0.25, -0.2) is 0 Å². The minimum atomic E-state index is -3.76.